The van der Waals surface area contributed by atoms with Crippen molar-refractivity contribution in [3.05, 3.63) is 29.3 Å². The van der Waals surface area contributed by atoms with Crippen LogP contribution in [0.2, 0.25) is 0 Å². The van der Waals surface area contributed by atoms with Gasteiger partial charge in [0.15, 0.2) is 0 Å². The summed E-state index contributed by atoms with van der Waals surface area (Å²) >= 11 is 0. The number of nitrogens with one attached hydrogen (secondary N) is 3. The number of nitrogens with zero attached hydrogens (tertiary/aromatic N) is 1. The van der Waals surface area contributed by atoms with E-state index in [2.05, 4.69) is 28.2 Å². The van der Waals surface area contributed by atoms with Crippen molar-refractivity contribution in [3.63, 3.8) is 0 Å². The number of urea groups is 1. The monoisotopic (exact) mass is 314 g/mol. The summed E-state index contributed by atoms with van der Waals surface area (Å²) in [5.74, 6) is 0. The number of amides is 2. The third-order valence-corrected chi connectivity index (χ3v) is 2.70. The van der Waals surface area contributed by atoms with E-state index >= 15 is 0 Å². The van der Waals surface area contributed by atoms with Gasteiger partial charge < -0.3 is 5.32 Å². The number of carbonyl (C=O) groups is 1. The number of para-hydroxylation sites is 1. The third kappa shape index (κ3) is 7.53. The molecule has 0 saturated carbocycles. The molecule has 0 radical (unpaired) electrons. The Morgan fingerprint density at radius 2 is 2.00 bits per heavy atom. The molecule has 0 unspecified atom stereocenters. The maximum atomic E-state index is 11.7. The fourth-order valence-corrected chi connectivity index (χ4v) is 1.58. The maximum Gasteiger partial charge on any atom is 0.324 e. The van der Waals surface area contributed by atoms with Crippen molar-refractivity contribution >= 4 is 30.5 Å². The summed E-state index contributed by atoms with van der Waals surface area (Å²) in [4.78, 5) is 16.7. The number of carbonyl (C=O) groups excluding carboxylic acids is 1. The van der Waals surface area contributed by atoms with E-state index < -0.39 is 0 Å². The van der Waals surface area contributed by atoms with Gasteiger partial charge in [0.2, 0.25) is 0 Å². The Kier molecular flexibility index (Phi) is 10.0. The molecule has 1 aromatic rings. The lowest BCUT2D eigenvalue weighted by Crippen LogP contribution is -2.29. The first-order valence-corrected chi connectivity index (χ1v) is 6.67. The van der Waals surface area contributed by atoms with Crippen LogP contribution < -0.4 is 16.2 Å². The number of rotatable bonds is 7. The second-order valence-electron chi connectivity index (χ2n) is 4.42. The van der Waals surface area contributed by atoms with Crippen molar-refractivity contribution in [1.29, 1.82) is 0 Å². The predicted molar refractivity (Wildman–Crippen MR) is 87.8 cm³/mol. The molecule has 0 aliphatic heterocycles. The Morgan fingerprint density at radius 3 is 2.62 bits per heavy atom. The molecule has 1 aromatic carbocycles. The lowest BCUT2D eigenvalue weighted by molar-refractivity contribution is 0.0415. The Bertz CT molecular complexity index is 446. The first-order chi connectivity index (χ1) is 9.65. The Hall–Kier alpha value is -1.79. The van der Waals surface area contributed by atoms with Crippen LogP contribution in [0.1, 0.15) is 30.9 Å². The fourth-order valence-electron chi connectivity index (χ4n) is 1.58. The van der Waals surface area contributed by atoms with Crippen LogP contribution in [0.4, 0.5) is 10.5 Å². The van der Waals surface area contributed by atoms with Crippen LogP contribution in [0, 0.1) is 13.8 Å². The molecule has 0 heterocycles. The molecule has 0 aromatic heterocycles. The van der Waals surface area contributed by atoms with Crippen molar-refractivity contribution in [3.8, 4) is 0 Å². The van der Waals surface area contributed by atoms with Crippen LogP contribution in [-0.4, -0.2) is 19.0 Å². The van der Waals surface area contributed by atoms with Gasteiger partial charge in [0.1, 0.15) is 6.34 Å². The summed E-state index contributed by atoms with van der Waals surface area (Å²) in [5, 5.41) is 8.97. The molecular formula is C14H23ClN4O2. The van der Waals surface area contributed by atoms with E-state index in [1.807, 2.05) is 32.0 Å². The molecule has 7 heteroatoms. The second-order valence-corrected chi connectivity index (χ2v) is 4.42. The molecule has 2 amide bonds. The van der Waals surface area contributed by atoms with Crippen molar-refractivity contribution in [2.24, 2.45) is 5.10 Å². The van der Waals surface area contributed by atoms with Crippen molar-refractivity contribution in [2.75, 3.05) is 11.9 Å². The van der Waals surface area contributed by atoms with Gasteiger partial charge in [-0.05, 0) is 31.4 Å². The number of halogens is 1. The summed E-state index contributed by atoms with van der Waals surface area (Å²) in [7, 11) is 0. The third-order valence-electron chi connectivity index (χ3n) is 2.70. The van der Waals surface area contributed by atoms with Crippen LogP contribution in [-0.2, 0) is 4.84 Å². The highest BCUT2D eigenvalue weighted by molar-refractivity contribution is 5.97. The smallest absolute Gasteiger partial charge is 0.307 e. The van der Waals surface area contributed by atoms with Gasteiger partial charge in [0, 0.05) is 5.69 Å². The van der Waals surface area contributed by atoms with Crippen LogP contribution in [0.3, 0.4) is 0 Å². The molecule has 0 bridgehead atoms. The van der Waals surface area contributed by atoms with Gasteiger partial charge in [-0.2, -0.15) is 5.59 Å². The number of hydrazone groups is 1. The van der Waals surface area contributed by atoms with E-state index in [1.54, 1.807) is 0 Å². The molecule has 0 fully saturated rings. The van der Waals surface area contributed by atoms with Gasteiger partial charge in [-0.25, -0.2) is 4.79 Å². The van der Waals surface area contributed by atoms with Gasteiger partial charge in [0.25, 0.3) is 0 Å². The van der Waals surface area contributed by atoms with E-state index in [0.717, 1.165) is 29.7 Å². The molecule has 21 heavy (non-hydrogen) atoms. The summed E-state index contributed by atoms with van der Waals surface area (Å²) in [5.41, 5.74) is 5.22. The van der Waals surface area contributed by atoms with Crippen LogP contribution in [0.25, 0.3) is 0 Å². The van der Waals surface area contributed by atoms with Gasteiger partial charge in [0.05, 0.1) is 6.61 Å². The molecule has 3 N–H and O–H groups in total. The highest BCUT2D eigenvalue weighted by Gasteiger charge is 2.05. The van der Waals surface area contributed by atoms with Crippen LogP contribution in [0.5, 0.6) is 0 Å². The molecule has 6 nitrogen and oxygen atoms in total. The molecule has 0 saturated heterocycles. The number of benzene rings is 1. The predicted octanol–water partition coefficient (Wildman–Crippen LogP) is 3.11. The molecule has 1 rings (SSSR count). The van der Waals surface area contributed by atoms with Gasteiger partial charge in [-0.1, -0.05) is 31.5 Å². The minimum absolute atomic E-state index is 0. The number of hydrogen-bond acceptors (Lipinski definition) is 4. The molecule has 118 valence electrons. The summed E-state index contributed by atoms with van der Waals surface area (Å²) < 4.78 is 0. The number of anilines is 1. The van der Waals surface area contributed by atoms with E-state index in [9.17, 15) is 4.79 Å². The number of aryl methyl sites for hydroxylation is 2. The zero-order chi connectivity index (χ0) is 14.8. The Balaban J connectivity index is 0.00000400. The average molecular weight is 315 g/mol. The minimum Gasteiger partial charge on any atom is -0.307 e. The van der Waals surface area contributed by atoms with E-state index in [0.29, 0.717) is 6.61 Å². The topological polar surface area (TPSA) is 74.8 Å². The zero-order valence-corrected chi connectivity index (χ0v) is 13.4. The van der Waals surface area contributed by atoms with E-state index in [-0.39, 0.29) is 18.4 Å². The molecule has 0 atom stereocenters. The zero-order valence-electron chi connectivity index (χ0n) is 12.6. The van der Waals surface area contributed by atoms with Gasteiger partial charge in [-0.3, -0.25) is 10.2 Å². The SMILES string of the molecule is CCCCON/N=C/NC(=O)Nc1c(C)cccc1C.Cl. The summed E-state index contributed by atoms with van der Waals surface area (Å²) in [6.07, 6.45) is 3.26. The quantitative estimate of drug-likeness (QED) is 0.313. The first kappa shape index (κ1) is 19.2. The number of hydrogen-bond donors (Lipinski definition) is 3. The van der Waals surface area contributed by atoms with Crippen LogP contribution in [0.15, 0.2) is 23.3 Å². The highest BCUT2D eigenvalue weighted by Crippen LogP contribution is 2.18. The largest absolute Gasteiger partial charge is 0.324 e. The highest BCUT2D eigenvalue weighted by atomic mass is 35.5. The normalized spacial score (nSPS) is 10.0. The van der Waals surface area contributed by atoms with Crippen molar-refractivity contribution in [2.45, 2.75) is 33.6 Å². The molecular weight excluding hydrogens is 292 g/mol. The van der Waals surface area contributed by atoms with E-state index in [1.165, 1.54) is 6.34 Å². The van der Waals surface area contributed by atoms with Crippen LogP contribution >= 0.6 is 12.4 Å². The molecule has 0 aliphatic carbocycles. The average Bonchev–Trinajstić information content (AvgIpc) is 2.42. The summed E-state index contributed by atoms with van der Waals surface area (Å²) in [6, 6.07) is 5.49. The van der Waals surface area contributed by atoms with Gasteiger partial charge in [-0.15, -0.1) is 17.5 Å². The maximum absolute atomic E-state index is 11.7. The van der Waals surface area contributed by atoms with Crippen molar-refractivity contribution < 1.29 is 9.63 Å². The lowest BCUT2D eigenvalue weighted by atomic mass is 10.1. The molecule has 0 spiro atoms. The Morgan fingerprint density at radius 1 is 1.33 bits per heavy atom. The van der Waals surface area contributed by atoms with E-state index in [4.69, 9.17) is 4.84 Å². The number of unbranched alkanes of at least 4 members (excludes halogenated alkanes) is 1. The Labute approximate surface area is 131 Å². The van der Waals surface area contributed by atoms with Gasteiger partial charge >= 0.3 is 6.03 Å². The fraction of sp³-hybridized carbons (Fsp3) is 0.429. The minimum atomic E-state index is -0.346. The first-order valence-electron chi connectivity index (χ1n) is 6.67. The summed E-state index contributed by atoms with van der Waals surface area (Å²) in [6.45, 7) is 6.55. The standard InChI is InChI=1S/C14H22N4O2.ClH/c1-4-5-9-20-18-16-10-15-14(19)17-13-11(2)7-6-8-12(13)3;/h6-8,10,18H,4-5,9H2,1-3H3,(H2,15,16,17,19);1H. The second kappa shape index (κ2) is 10.9. The lowest BCUT2D eigenvalue weighted by Gasteiger charge is -2.10. The molecule has 0 aliphatic rings. The van der Waals surface area contributed by atoms with Crippen molar-refractivity contribution in [1.82, 2.24) is 10.9 Å².